The molecule has 0 saturated heterocycles. The van der Waals surface area contributed by atoms with Crippen LogP contribution in [0, 0.1) is 5.82 Å². The third-order valence-corrected chi connectivity index (χ3v) is 4.06. The minimum absolute atomic E-state index is 0.0340. The third kappa shape index (κ3) is 5.14. The summed E-state index contributed by atoms with van der Waals surface area (Å²) in [7, 11) is 0. The minimum Gasteiger partial charge on any atom is -0.352 e. The molecule has 0 bridgehead atoms. The van der Waals surface area contributed by atoms with Crippen LogP contribution in [0.15, 0.2) is 48.5 Å². The van der Waals surface area contributed by atoms with Crippen molar-refractivity contribution in [2.24, 2.45) is 0 Å². The first-order valence-electron chi connectivity index (χ1n) is 8.47. The van der Waals surface area contributed by atoms with E-state index in [1.54, 1.807) is 41.3 Å². The lowest BCUT2D eigenvalue weighted by Gasteiger charge is -2.18. The summed E-state index contributed by atoms with van der Waals surface area (Å²) >= 11 is 0. The molecule has 0 fully saturated rings. The Labute approximate surface area is 147 Å². The lowest BCUT2D eigenvalue weighted by atomic mass is 10.1. The van der Waals surface area contributed by atoms with Crippen molar-refractivity contribution in [3.8, 4) is 0 Å². The summed E-state index contributed by atoms with van der Waals surface area (Å²) in [5.41, 5.74) is 2.05. The molecule has 2 rings (SSSR count). The molecular formula is C20H23FN2O2. The summed E-state index contributed by atoms with van der Waals surface area (Å²) in [6.45, 7) is 5.64. The molecule has 0 heterocycles. The molecule has 0 aliphatic carbocycles. The lowest BCUT2D eigenvalue weighted by Crippen LogP contribution is -2.30. The zero-order valence-electron chi connectivity index (χ0n) is 14.6. The molecule has 1 N–H and O–H groups in total. The normalized spacial score (nSPS) is 10.4. The van der Waals surface area contributed by atoms with E-state index in [1.165, 1.54) is 12.1 Å². The number of carbonyl (C=O) groups is 2. The van der Waals surface area contributed by atoms with Gasteiger partial charge in [-0.15, -0.1) is 0 Å². The predicted octanol–water partition coefficient (Wildman–Crippen LogP) is 3.28. The van der Waals surface area contributed by atoms with Crippen molar-refractivity contribution < 1.29 is 14.0 Å². The Kier molecular flexibility index (Phi) is 6.69. The van der Waals surface area contributed by atoms with E-state index < -0.39 is 0 Å². The second kappa shape index (κ2) is 8.97. The van der Waals surface area contributed by atoms with E-state index in [0.29, 0.717) is 37.2 Å². The average molecular weight is 342 g/mol. The minimum atomic E-state index is -0.271. The van der Waals surface area contributed by atoms with Gasteiger partial charge in [0.15, 0.2) is 0 Å². The maximum Gasteiger partial charge on any atom is 0.253 e. The first kappa shape index (κ1) is 18.6. The van der Waals surface area contributed by atoms with E-state index in [2.05, 4.69) is 5.32 Å². The molecule has 0 unspecified atom stereocenters. The van der Waals surface area contributed by atoms with Crippen LogP contribution in [0.1, 0.15) is 40.1 Å². The van der Waals surface area contributed by atoms with Crippen molar-refractivity contribution in [3.05, 3.63) is 71.0 Å². The van der Waals surface area contributed by atoms with Crippen molar-refractivity contribution in [1.29, 1.82) is 0 Å². The molecule has 0 aromatic heterocycles. The molecule has 5 heteroatoms. The first-order chi connectivity index (χ1) is 12.0. The van der Waals surface area contributed by atoms with E-state index >= 15 is 0 Å². The maximum absolute atomic E-state index is 12.8. The topological polar surface area (TPSA) is 49.4 Å². The highest BCUT2D eigenvalue weighted by Crippen LogP contribution is 2.08. The standard InChI is InChI=1S/C20H23FN2O2/c1-3-23(4-2)20(25)17-9-7-16(8-10-17)19(24)22-14-13-15-5-11-18(21)12-6-15/h5-12H,3-4,13-14H2,1-2H3,(H,22,24). The van der Waals surface area contributed by atoms with E-state index in [-0.39, 0.29) is 17.6 Å². The quantitative estimate of drug-likeness (QED) is 0.839. The van der Waals surface area contributed by atoms with Crippen LogP contribution >= 0.6 is 0 Å². The molecule has 0 aliphatic rings. The molecule has 25 heavy (non-hydrogen) atoms. The maximum atomic E-state index is 12.8. The monoisotopic (exact) mass is 342 g/mol. The predicted molar refractivity (Wildman–Crippen MR) is 96.1 cm³/mol. The number of hydrogen-bond donors (Lipinski definition) is 1. The highest BCUT2D eigenvalue weighted by Gasteiger charge is 2.13. The van der Waals surface area contributed by atoms with Crippen molar-refractivity contribution in [1.82, 2.24) is 10.2 Å². The molecule has 0 spiro atoms. The fourth-order valence-corrected chi connectivity index (χ4v) is 2.53. The van der Waals surface area contributed by atoms with Crippen LogP contribution < -0.4 is 5.32 Å². The Morgan fingerprint density at radius 2 is 1.48 bits per heavy atom. The van der Waals surface area contributed by atoms with E-state index in [4.69, 9.17) is 0 Å². The van der Waals surface area contributed by atoms with Crippen LogP contribution in [0.2, 0.25) is 0 Å². The average Bonchev–Trinajstić information content (AvgIpc) is 2.64. The second-order valence-corrected chi connectivity index (χ2v) is 5.69. The Bertz CT molecular complexity index is 707. The zero-order chi connectivity index (χ0) is 18.2. The van der Waals surface area contributed by atoms with Gasteiger partial charge in [-0.1, -0.05) is 12.1 Å². The van der Waals surface area contributed by atoms with Crippen LogP contribution in [-0.4, -0.2) is 36.3 Å². The van der Waals surface area contributed by atoms with Crippen molar-refractivity contribution in [3.63, 3.8) is 0 Å². The molecule has 2 aromatic rings. The van der Waals surface area contributed by atoms with Gasteiger partial charge >= 0.3 is 0 Å². The van der Waals surface area contributed by atoms with Crippen molar-refractivity contribution in [2.75, 3.05) is 19.6 Å². The van der Waals surface area contributed by atoms with Gasteiger partial charge in [0.25, 0.3) is 11.8 Å². The number of benzene rings is 2. The number of carbonyl (C=O) groups excluding carboxylic acids is 2. The van der Waals surface area contributed by atoms with Gasteiger partial charge in [-0.2, -0.15) is 0 Å². The zero-order valence-corrected chi connectivity index (χ0v) is 14.6. The molecule has 0 radical (unpaired) electrons. The number of amides is 2. The van der Waals surface area contributed by atoms with Crippen LogP contribution in [0.3, 0.4) is 0 Å². The van der Waals surface area contributed by atoms with Crippen molar-refractivity contribution >= 4 is 11.8 Å². The van der Waals surface area contributed by atoms with Crippen LogP contribution in [0.5, 0.6) is 0 Å². The van der Waals surface area contributed by atoms with Gasteiger partial charge in [-0.25, -0.2) is 4.39 Å². The molecule has 0 saturated carbocycles. The van der Waals surface area contributed by atoms with Gasteiger partial charge in [0.05, 0.1) is 0 Å². The largest absolute Gasteiger partial charge is 0.352 e. The highest BCUT2D eigenvalue weighted by molar-refractivity contribution is 5.97. The summed E-state index contributed by atoms with van der Waals surface area (Å²) in [5, 5.41) is 2.83. The molecule has 0 atom stereocenters. The number of rotatable bonds is 7. The SMILES string of the molecule is CCN(CC)C(=O)c1ccc(C(=O)NCCc2ccc(F)cc2)cc1. The van der Waals surface area contributed by atoms with Crippen LogP contribution in [0.4, 0.5) is 4.39 Å². The Hall–Kier alpha value is -2.69. The lowest BCUT2D eigenvalue weighted by molar-refractivity contribution is 0.0772. The van der Waals surface area contributed by atoms with Gasteiger partial charge in [0.1, 0.15) is 5.82 Å². The Morgan fingerprint density at radius 1 is 0.920 bits per heavy atom. The molecule has 2 aromatic carbocycles. The van der Waals surface area contributed by atoms with Gasteiger partial charge in [0.2, 0.25) is 0 Å². The number of hydrogen-bond acceptors (Lipinski definition) is 2. The summed E-state index contributed by atoms with van der Waals surface area (Å²) < 4.78 is 12.8. The molecule has 0 aliphatic heterocycles. The van der Waals surface area contributed by atoms with Gasteiger partial charge < -0.3 is 10.2 Å². The van der Waals surface area contributed by atoms with E-state index in [9.17, 15) is 14.0 Å². The summed E-state index contributed by atoms with van der Waals surface area (Å²) in [5.74, 6) is -0.496. The second-order valence-electron chi connectivity index (χ2n) is 5.69. The summed E-state index contributed by atoms with van der Waals surface area (Å²) in [6.07, 6.45) is 0.630. The highest BCUT2D eigenvalue weighted by atomic mass is 19.1. The smallest absolute Gasteiger partial charge is 0.253 e. The Balaban J connectivity index is 1.89. The molecule has 2 amide bonds. The number of nitrogens with zero attached hydrogens (tertiary/aromatic N) is 1. The van der Waals surface area contributed by atoms with Crippen LogP contribution in [0.25, 0.3) is 0 Å². The number of halogens is 1. The molecule has 4 nitrogen and oxygen atoms in total. The fourth-order valence-electron chi connectivity index (χ4n) is 2.53. The first-order valence-corrected chi connectivity index (χ1v) is 8.47. The molecular weight excluding hydrogens is 319 g/mol. The van der Waals surface area contributed by atoms with Gasteiger partial charge in [-0.3, -0.25) is 9.59 Å². The summed E-state index contributed by atoms with van der Waals surface area (Å²) in [6, 6.07) is 12.9. The van der Waals surface area contributed by atoms with E-state index in [0.717, 1.165) is 5.56 Å². The van der Waals surface area contributed by atoms with Crippen molar-refractivity contribution in [2.45, 2.75) is 20.3 Å². The molecule has 132 valence electrons. The fraction of sp³-hybridized carbons (Fsp3) is 0.300. The third-order valence-electron chi connectivity index (χ3n) is 4.06. The van der Waals surface area contributed by atoms with E-state index in [1.807, 2.05) is 13.8 Å². The number of nitrogens with one attached hydrogen (secondary N) is 1. The van der Waals surface area contributed by atoms with Gasteiger partial charge in [0, 0.05) is 30.8 Å². The van der Waals surface area contributed by atoms with Crippen LogP contribution in [-0.2, 0) is 6.42 Å². The summed E-state index contributed by atoms with van der Waals surface area (Å²) in [4.78, 5) is 26.1. The Morgan fingerprint density at radius 3 is 2.04 bits per heavy atom. The van der Waals surface area contributed by atoms with Gasteiger partial charge in [-0.05, 0) is 62.2 Å².